The van der Waals surface area contributed by atoms with Gasteiger partial charge in [-0.1, -0.05) is 20.8 Å². The fraction of sp³-hybridized carbons (Fsp3) is 1.00. The van der Waals surface area contributed by atoms with Crippen molar-refractivity contribution in [3.05, 3.63) is 0 Å². The van der Waals surface area contributed by atoms with Crippen LogP contribution in [-0.2, 0) is 0 Å². The van der Waals surface area contributed by atoms with Crippen molar-refractivity contribution in [1.29, 1.82) is 0 Å². The topological polar surface area (TPSA) is 32.5 Å². The number of likely N-dealkylation sites (tertiary alicyclic amines) is 2. The molecule has 2 unspecified atom stereocenters. The Bertz CT molecular complexity index is 334. The Morgan fingerprint density at radius 1 is 1.14 bits per heavy atom. The van der Waals surface area contributed by atoms with Gasteiger partial charge < -0.3 is 5.73 Å². The van der Waals surface area contributed by atoms with Crippen LogP contribution in [0.3, 0.4) is 0 Å². The van der Waals surface area contributed by atoms with Crippen LogP contribution in [0.15, 0.2) is 0 Å². The van der Waals surface area contributed by atoms with E-state index in [1.54, 1.807) is 0 Å². The van der Waals surface area contributed by atoms with Gasteiger partial charge in [0.2, 0.25) is 0 Å². The van der Waals surface area contributed by atoms with Crippen LogP contribution in [0.4, 0.5) is 0 Å². The Morgan fingerprint density at radius 3 is 2.38 bits per heavy atom. The van der Waals surface area contributed by atoms with Gasteiger partial charge in [-0.3, -0.25) is 9.80 Å². The minimum absolute atomic E-state index is 0.247. The van der Waals surface area contributed by atoms with Crippen molar-refractivity contribution >= 4 is 0 Å². The first-order chi connectivity index (χ1) is 9.78. The van der Waals surface area contributed by atoms with E-state index in [4.69, 9.17) is 5.73 Å². The molecular formula is C18H37N3. The van der Waals surface area contributed by atoms with Gasteiger partial charge in [-0.2, -0.15) is 0 Å². The van der Waals surface area contributed by atoms with E-state index in [1.165, 1.54) is 51.9 Å². The lowest BCUT2D eigenvalue weighted by Crippen LogP contribution is -2.56. The molecule has 0 bridgehead atoms. The van der Waals surface area contributed by atoms with E-state index < -0.39 is 0 Å². The third-order valence-electron chi connectivity index (χ3n) is 6.10. The van der Waals surface area contributed by atoms with Gasteiger partial charge >= 0.3 is 0 Å². The standard InChI is InChI=1S/C18H37N3/c1-15(2)20-12-9-18(13-19,14-20)21-10-6-7-16(8-11-21)17(3,4)5/h15-16H,6-14,19H2,1-5H3. The van der Waals surface area contributed by atoms with Crippen molar-refractivity contribution in [2.24, 2.45) is 17.1 Å². The molecule has 0 amide bonds. The lowest BCUT2D eigenvalue weighted by atomic mass is 9.76. The molecule has 3 heteroatoms. The van der Waals surface area contributed by atoms with Crippen LogP contribution in [0.25, 0.3) is 0 Å². The van der Waals surface area contributed by atoms with Crippen LogP contribution < -0.4 is 5.73 Å². The maximum absolute atomic E-state index is 6.27. The van der Waals surface area contributed by atoms with Gasteiger partial charge in [0.05, 0.1) is 0 Å². The summed E-state index contributed by atoms with van der Waals surface area (Å²) < 4.78 is 0. The molecule has 21 heavy (non-hydrogen) atoms. The quantitative estimate of drug-likeness (QED) is 0.869. The first-order valence-corrected chi connectivity index (χ1v) is 8.98. The van der Waals surface area contributed by atoms with Gasteiger partial charge in [-0.25, -0.2) is 0 Å². The summed E-state index contributed by atoms with van der Waals surface area (Å²) in [4.78, 5) is 5.36. The molecule has 0 radical (unpaired) electrons. The van der Waals surface area contributed by atoms with Crippen LogP contribution in [0.5, 0.6) is 0 Å². The molecule has 0 aromatic heterocycles. The van der Waals surface area contributed by atoms with E-state index in [2.05, 4.69) is 44.4 Å². The monoisotopic (exact) mass is 295 g/mol. The molecule has 0 aromatic carbocycles. The zero-order valence-corrected chi connectivity index (χ0v) is 15.0. The first-order valence-electron chi connectivity index (χ1n) is 8.98. The predicted octanol–water partition coefficient (Wildman–Crippen LogP) is 2.95. The van der Waals surface area contributed by atoms with Crippen LogP contribution in [0.1, 0.15) is 60.3 Å². The normalized spacial score (nSPS) is 33.6. The van der Waals surface area contributed by atoms with Crippen LogP contribution in [-0.4, -0.2) is 54.1 Å². The van der Waals surface area contributed by atoms with Crippen LogP contribution in [0, 0.1) is 11.3 Å². The zero-order chi connectivity index (χ0) is 15.7. The number of nitrogens with two attached hydrogens (primary N) is 1. The summed E-state index contributed by atoms with van der Waals surface area (Å²) in [6.07, 6.45) is 5.31. The zero-order valence-electron chi connectivity index (χ0n) is 15.0. The molecule has 0 aromatic rings. The summed E-state index contributed by atoms with van der Waals surface area (Å²) in [7, 11) is 0. The van der Waals surface area contributed by atoms with Crippen LogP contribution >= 0.6 is 0 Å². The molecule has 2 atom stereocenters. The molecule has 2 fully saturated rings. The molecular weight excluding hydrogens is 258 g/mol. The van der Waals surface area contributed by atoms with Crippen molar-refractivity contribution in [3.63, 3.8) is 0 Å². The Kier molecular flexibility index (Phi) is 5.38. The fourth-order valence-electron chi connectivity index (χ4n) is 4.32. The largest absolute Gasteiger partial charge is 0.329 e. The minimum atomic E-state index is 0.247. The average Bonchev–Trinajstić information content (AvgIpc) is 2.68. The van der Waals surface area contributed by atoms with E-state index in [9.17, 15) is 0 Å². The molecule has 0 spiro atoms. The Hall–Kier alpha value is -0.120. The number of nitrogens with zero attached hydrogens (tertiary/aromatic N) is 2. The summed E-state index contributed by atoms with van der Waals surface area (Å²) in [5.74, 6) is 0.861. The van der Waals surface area contributed by atoms with Gasteiger partial charge in [-0.05, 0) is 64.0 Å². The maximum Gasteiger partial charge on any atom is 0.0470 e. The van der Waals surface area contributed by atoms with Crippen molar-refractivity contribution in [2.45, 2.75) is 71.9 Å². The SMILES string of the molecule is CC(C)N1CCC(CN)(N2CCCC(C(C)(C)C)CC2)C1. The molecule has 3 nitrogen and oxygen atoms in total. The second kappa shape index (κ2) is 6.55. The molecule has 2 N–H and O–H groups in total. The molecule has 2 aliphatic rings. The molecule has 124 valence electrons. The molecule has 0 saturated carbocycles. The average molecular weight is 296 g/mol. The predicted molar refractivity (Wildman–Crippen MR) is 91.5 cm³/mol. The highest BCUT2D eigenvalue weighted by molar-refractivity contribution is 5.01. The van der Waals surface area contributed by atoms with Crippen molar-refractivity contribution < 1.29 is 0 Å². The van der Waals surface area contributed by atoms with Crippen LogP contribution in [0.2, 0.25) is 0 Å². The van der Waals surface area contributed by atoms with Gasteiger partial charge in [0.1, 0.15) is 0 Å². The highest BCUT2D eigenvalue weighted by atomic mass is 15.3. The van der Waals surface area contributed by atoms with Gasteiger partial charge in [0, 0.05) is 31.2 Å². The number of hydrogen-bond donors (Lipinski definition) is 1. The Morgan fingerprint density at radius 2 is 1.86 bits per heavy atom. The van der Waals surface area contributed by atoms with Crippen molar-refractivity contribution in [2.75, 3.05) is 32.7 Å². The van der Waals surface area contributed by atoms with E-state index >= 15 is 0 Å². The molecule has 2 rings (SSSR count). The lowest BCUT2D eigenvalue weighted by Gasteiger charge is -2.41. The summed E-state index contributed by atoms with van der Waals surface area (Å²) in [5, 5.41) is 0. The summed E-state index contributed by atoms with van der Waals surface area (Å²) in [6, 6.07) is 0.646. The van der Waals surface area contributed by atoms with E-state index in [1.807, 2.05) is 0 Å². The van der Waals surface area contributed by atoms with Crippen molar-refractivity contribution in [1.82, 2.24) is 9.80 Å². The van der Waals surface area contributed by atoms with Gasteiger partial charge in [0.15, 0.2) is 0 Å². The summed E-state index contributed by atoms with van der Waals surface area (Å²) >= 11 is 0. The highest BCUT2D eigenvalue weighted by Crippen LogP contribution is 2.37. The van der Waals surface area contributed by atoms with Gasteiger partial charge in [0.25, 0.3) is 0 Å². The third kappa shape index (κ3) is 3.80. The summed E-state index contributed by atoms with van der Waals surface area (Å²) in [6.45, 7) is 17.5. The smallest absolute Gasteiger partial charge is 0.0470 e. The number of rotatable bonds is 3. The molecule has 2 saturated heterocycles. The molecule has 0 aliphatic carbocycles. The second-order valence-corrected chi connectivity index (χ2v) is 8.72. The lowest BCUT2D eigenvalue weighted by molar-refractivity contribution is 0.0933. The Balaban J connectivity index is 2.03. The van der Waals surface area contributed by atoms with E-state index in [-0.39, 0.29) is 5.54 Å². The summed E-state index contributed by atoms with van der Waals surface area (Å²) in [5.41, 5.74) is 6.96. The fourth-order valence-corrected chi connectivity index (χ4v) is 4.32. The van der Waals surface area contributed by atoms with E-state index in [0.29, 0.717) is 11.5 Å². The molecule has 2 aliphatic heterocycles. The second-order valence-electron chi connectivity index (χ2n) is 8.72. The third-order valence-corrected chi connectivity index (χ3v) is 6.10. The minimum Gasteiger partial charge on any atom is -0.329 e. The highest BCUT2D eigenvalue weighted by Gasteiger charge is 2.43. The first kappa shape index (κ1) is 17.2. The molecule has 2 heterocycles. The number of hydrogen-bond acceptors (Lipinski definition) is 3. The maximum atomic E-state index is 6.27. The van der Waals surface area contributed by atoms with Crippen molar-refractivity contribution in [3.8, 4) is 0 Å². The van der Waals surface area contributed by atoms with Gasteiger partial charge in [-0.15, -0.1) is 0 Å². The van der Waals surface area contributed by atoms with E-state index in [0.717, 1.165) is 12.5 Å². The Labute approximate surface area is 132 Å².